The van der Waals surface area contributed by atoms with Crippen LogP contribution in [-0.2, 0) is 9.47 Å². The Hall–Kier alpha value is 0.0969. The van der Waals surface area contributed by atoms with Crippen molar-refractivity contribution in [1.82, 2.24) is 0 Å². The Morgan fingerprint density at radius 1 is 1.44 bits per heavy atom. The number of rotatable bonds is 5. The molecule has 3 nitrogen and oxygen atoms in total. The zero-order valence-corrected chi connectivity index (χ0v) is 6.89. The number of methoxy groups -OCH3 is 2. The van der Waals surface area contributed by atoms with Crippen LogP contribution in [0.3, 0.4) is 0 Å². The third-order valence-electron chi connectivity index (χ3n) is 0.981. The second-order valence-electron chi connectivity index (χ2n) is 1.56. The van der Waals surface area contributed by atoms with E-state index in [0.29, 0.717) is 0 Å². The molecule has 0 amide bonds. The van der Waals surface area contributed by atoms with Gasteiger partial charge in [0.05, 0.1) is 9.52 Å². The van der Waals surface area contributed by atoms with Gasteiger partial charge in [-0.2, -0.15) is 0 Å². The maximum Gasteiger partial charge on any atom is 0.154 e. The standard InChI is InChI=1S/C5H13NO2Si/c1-7-5(8-2)3-9-4-6/h5H,3-4,6H2,1-2H3. The molecule has 0 bridgehead atoms. The second kappa shape index (κ2) is 6.22. The first-order valence-electron chi connectivity index (χ1n) is 2.81. The summed E-state index contributed by atoms with van der Waals surface area (Å²) >= 11 is 0. The van der Waals surface area contributed by atoms with Gasteiger partial charge in [0.15, 0.2) is 6.29 Å². The Kier molecular flexibility index (Phi) is 6.29. The average Bonchev–Trinajstić information content (AvgIpc) is 1.91. The van der Waals surface area contributed by atoms with Crippen molar-refractivity contribution in [1.29, 1.82) is 0 Å². The minimum atomic E-state index is -0.0631. The first-order valence-corrected chi connectivity index (χ1v) is 4.23. The average molecular weight is 147 g/mol. The van der Waals surface area contributed by atoms with Gasteiger partial charge in [-0.05, 0) is 12.2 Å². The van der Waals surface area contributed by atoms with Gasteiger partial charge in [-0.15, -0.1) is 0 Å². The fourth-order valence-corrected chi connectivity index (χ4v) is 1.20. The van der Waals surface area contributed by atoms with E-state index in [1.807, 2.05) is 0 Å². The Morgan fingerprint density at radius 3 is 2.33 bits per heavy atom. The molecule has 0 atom stereocenters. The van der Waals surface area contributed by atoms with E-state index in [-0.39, 0.29) is 6.29 Å². The van der Waals surface area contributed by atoms with E-state index < -0.39 is 0 Å². The van der Waals surface area contributed by atoms with E-state index >= 15 is 0 Å². The molecule has 2 radical (unpaired) electrons. The molecule has 4 heteroatoms. The Labute approximate surface area is 58.3 Å². The van der Waals surface area contributed by atoms with Crippen LogP contribution in [0, 0.1) is 0 Å². The van der Waals surface area contributed by atoms with Crippen molar-refractivity contribution in [3.63, 3.8) is 0 Å². The smallest absolute Gasteiger partial charge is 0.154 e. The molecule has 54 valence electrons. The van der Waals surface area contributed by atoms with Gasteiger partial charge in [0.1, 0.15) is 0 Å². The van der Waals surface area contributed by atoms with Crippen molar-refractivity contribution in [3.05, 3.63) is 0 Å². The lowest BCUT2D eigenvalue weighted by molar-refractivity contribution is -0.0876. The summed E-state index contributed by atoms with van der Waals surface area (Å²) in [5.41, 5.74) is 5.29. The fourth-order valence-electron chi connectivity index (χ4n) is 0.464. The summed E-state index contributed by atoms with van der Waals surface area (Å²) in [6, 6.07) is 0.906. The van der Waals surface area contributed by atoms with Crippen molar-refractivity contribution >= 4 is 9.52 Å². The number of hydrogen-bond donors (Lipinski definition) is 1. The van der Waals surface area contributed by atoms with Crippen LogP contribution < -0.4 is 5.73 Å². The summed E-state index contributed by atoms with van der Waals surface area (Å²) in [4.78, 5) is 0. The van der Waals surface area contributed by atoms with Crippen LogP contribution in [0.2, 0.25) is 6.04 Å². The zero-order valence-electron chi connectivity index (χ0n) is 5.89. The molecule has 9 heavy (non-hydrogen) atoms. The lowest BCUT2D eigenvalue weighted by Crippen LogP contribution is -2.19. The highest BCUT2D eigenvalue weighted by Crippen LogP contribution is 1.95. The van der Waals surface area contributed by atoms with Gasteiger partial charge in [0.2, 0.25) is 0 Å². The number of nitrogens with two attached hydrogens (primary N) is 1. The van der Waals surface area contributed by atoms with Crippen molar-refractivity contribution in [2.75, 3.05) is 20.4 Å². The molecule has 0 aromatic rings. The van der Waals surface area contributed by atoms with Crippen LogP contribution in [0.15, 0.2) is 0 Å². The van der Waals surface area contributed by atoms with Gasteiger partial charge in [0, 0.05) is 14.2 Å². The quantitative estimate of drug-likeness (QED) is 0.427. The summed E-state index contributed by atoms with van der Waals surface area (Å²) < 4.78 is 9.86. The van der Waals surface area contributed by atoms with Crippen LogP contribution in [0.25, 0.3) is 0 Å². The highest BCUT2D eigenvalue weighted by molar-refractivity contribution is 6.35. The van der Waals surface area contributed by atoms with E-state index in [1.165, 1.54) is 0 Å². The van der Waals surface area contributed by atoms with Gasteiger partial charge < -0.3 is 15.2 Å². The lowest BCUT2D eigenvalue weighted by Gasteiger charge is -2.10. The van der Waals surface area contributed by atoms with Gasteiger partial charge in [-0.25, -0.2) is 0 Å². The molecule has 0 saturated carbocycles. The molecule has 0 heterocycles. The highest BCUT2D eigenvalue weighted by atomic mass is 28.2. The van der Waals surface area contributed by atoms with Gasteiger partial charge in [-0.1, -0.05) is 0 Å². The molecule has 0 rings (SSSR count). The summed E-state index contributed by atoms with van der Waals surface area (Å²) in [6.07, 6.45) is 0.662. The molecular formula is C5H13NO2Si. The van der Waals surface area contributed by atoms with Crippen LogP contribution in [0.4, 0.5) is 0 Å². The molecule has 0 aromatic carbocycles. The molecule has 0 fully saturated rings. The predicted octanol–water partition coefficient (Wildman–Crippen LogP) is -0.356. The molecule has 2 N–H and O–H groups in total. The fraction of sp³-hybridized carbons (Fsp3) is 1.00. The van der Waals surface area contributed by atoms with Gasteiger partial charge >= 0.3 is 0 Å². The second-order valence-corrected chi connectivity index (χ2v) is 2.88. The molecule has 0 aliphatic heterocycles. The predicted molar refractivity (Wildman–Crippen MR) is 37.4 cm³/mol. The number of hydrogen-bond acceptors (Lipinski definition) is 3. The van der Waals surface area contributed by atoms with Gasteiger partial charge in [-0.3, -0.25) is 0 Å². The van der Waals surface area contributed by atoms with Crippen molar-refractivity contribution in [2.45, 2.75) is 12.3 Å². The van der Waals surface area contributed by atoms with E-state index in [0.717, 1.165) is 21.7 Å². The maximum atomic E-state index is 5.29. The normalized spacial score (nSPS) is 10.7. The molecule has 0 aromatic heterocycles. The van der Waals surface area contributed by atoms with E-state index in [9.17, 15) is 0 Å². The minimum absolute atomic E-state index is 0.0631. The maximum absolute atomic E-state index is 5.29. The first kappa shape index (κ1) is 9.10. The summed E-state index contributed by atoms with van der Waals surface area (Å²) in [6.45, 7) is 0. The molecule has 0 aliphatic carbocycles. The monoisotopic (exact) mass is 147 g/mol. The summed E-state index contributed by atoms with van der Waals surface area (Å²) in [7, 11) is 4.00. The molecule has 0 aliphatic rings. The third-order valence-corrected chi connectivity index (χ3v) is 1.89. The van der Waals surface area contributed by atoms with Crippen LogP contribution in [0.5, 0.6) is 0 Å². The zero-order chi connectivity index (χ0) is 7.11. The van der Waals surface area contributed by atoms with E-state index in [1.54, 1.807) is 14.2 Å². The van der Waals surface area contributed by atoms with Crippen molar-refractivity contribution < 1.29 is 9.47 Å². The third kappa shape index (κ3) is 4.59. The molecule has 0 saturated heterocycles. The van der Waals surface area contributed by atoms with Gasteiger partial charge in [0.25, 0.3) is 0 Å². The Morgan fingerprint density at radius 2 is 2.00 bits per heavy atom. The largest absolute Gasteiger partial charge is 0.356 e. The van der Waals surface area contributed by atoms with Crippen LogP contribution >= 0.6 is 0 Å². The van der Waals surface area contributed by atoms with Crippen LogP contribution in [-0.4, -0.2) is 36.2 Å². The highest BCUT2D eigenvalue weighted by Gasteiger charge is 2.02. The minimum Gasteiger partial charge on any atom is -0.356 e. The van der Waals surface area contributed by atoms with Crippen molar-refractivity contribution in [3.8, 4) is 0 Å². The molecule has 0 spiro atoms. The first-order chi connectivity index (χ1) is 4.35. The van der Waals surface area contributed by atoms with Crippen molar-refractivity contribution in [2.24, 2.45) is 5.73 Å². The van der Waals surface area contributed by atoms with E-state index in [4.69, 9.17) is 15.2 Å². The number of ether oxygens (including phenoxy) is 2. The molecular weight excluding hydrogens is 134 g/mol. The lowest BCUT2D eigenvalue weighted by atomic mass is 10.7. The SMILES string of the molecule is COC(C[Si]CN)OC. The van der Waals surface area contributed by atoms with Crippen LogP contribution in [0.1, 0.15) is 0 Å². The summed E-state index contributed by atoms with van der Waals surface area (Å²) in [5, 5.41) is 0. The van der Waals surface area contributed by atoms with E-state index in [2.05, 4.69) is 0 Å². The summed E-state index contributed by atoms with van der Waals surface area (Å²) in [5.74, 6) is 0. The topological polar surface area (TPSA) is 44.5 Å². The molecule has 0 unspecified atom stereocenters. The Balaban J connectivity index is 3.09. The Bertz CT molecular complexity index is 58.9.